The molecule has 140 valence electrons. The van der Waals surface area contributed by atoms with Crippen LogP contribution in [0.5, 0.6) is 0 Å². The molecule has 3 rings (SSSR count). The van der Waals surface area contributed by atoms with Crippen LogP contribution in [0.4, 0.5) is 0 Å². The Kier molecular flexibility index (Phi) is 4.92. The van der Waals surface area contributed by atoms with E-state index >= 15 is 0 Å². The fraction of sp³-hybridized carbons (Fsp3) is 0.455. The van der Waals surface area contributed by atoms with Gasteiger partial charge in [0, 0.05) is 5.41 Å². The maximum atomic E-state index is 13.6. The molecule has 0 radical (unpaired) electrons. The van der Waals surface area contributed by atoms with E-state index in [9.17, 15) is 4.21 Å². The summed E-state index contributed by atoms with van der Waals surface area (Å²) in [5.41, 5.74) is 1.62. The third-order valence-electron chi connectivity index (χ3n) is 5.00. The molecule has 2 aromatic rings. The zero-order valence-electron chi connectivity index (χ0n) is 16.4. The highest BCUT2D eigenvalue weighted by Crippen LogP contribution is 2.69. The van der Waals surface area contributed by atoms with Crippen molar-refractivity contribution in [2.45, 2.75) is 50.6 Å². The Balaban J connectivity index is 2.26. The smallest absolute Gasteiger partial charge is 0.179 e. The number of hydrogen-bond acceptors (Lipinski definition) is 3. The van der Waals surface area contributed by atoms with Crippen LogP contribution in [0.3, 0.4) is 0 Å². The summed E-state index contributed by atoms with van der Waals surface area (Å²) in [7, 11) is 0. The lowest BCUT2D eigenvalue weighted by Crippen LogP contribution is -2.40. The summed E-state index contributed by atoms with van der Waals surface area (Å²) in [6, 6.07) is 20.4. The van der Waals surface area contributed by atoms with Gasteiger partial charge in [-0.3, -0.25) is 4.18 Å². The van der Waals surface area contributed by atoms with E-state index in [-0.39, 0.29) is 10.8 Å². The van der Waals surface area contributed by atoms with E-state index < -0.39 is 20.1 Å². The largest absolute Gasteiger partial charge is 0.266 e. The van der Waals surface area contributed by atoms with E-state index in [1.807, 2.05) is 36.4 Å². The summed E-state index contributed by atoms with van der Waals surface area (Å²) in [4.78, 5) is -0.692. The van der Waals surface area contributed by atoms with Crippen LogP contribution in [-0.4, -0.2) is 4.21 Å². The van der Waals surface area contributed by atoms with Crippen molar-refractivity contribution in [3.05, 3.63) is 71.8 Å². The van der Waals surface area contributed by atoms with Gasteiger partial charge in [-0.15, -0.1) is 0 Å². The summed E-state index contributed by atoms with van der Waals surface area (Å²) in [5.74, 6) is 0. The molecule has 2 nitrogen and oxygen atoms in total. The molecule has 26 heavy (non-hydrogen) atoms. The molecule has 4 heteroatoms. The molecule has 0 amide bonds. The third kappa shape index (κ3) is 2.87. The Morgan fingerprint density at radius 1 is 0.769 bits per heavy atom. The standard InChI is InChI=1S/C22H28O2S2/c1-19(2,3)21(17-13-9-7-10-14-17)24-26(23)22(25-21,20(4,5)6)18-15-11-8-12-16-18/h7-16H,1-6H3/t21-,22-,26?/m1/s1. The minimum absolute atomic E-state index is 0.240. The van der Waals surface area contributed by atoms with Crippen molar-refractivity contribution in [1.82, 2.24) is 0 Å². The molecule has 0 aliphatic carbocycles. The van der Waals surface area contributed by atoms with E-state index in [2.05, 4.69) is 65.8 Å². The van der Waals surface area contributed by atoms with Crippen molar-refractivity contribution in [1.29, 1.82) is 0 Å². The van der Waals surface area contributed by atoms with Gasteiger partial charge >= 0.3 is 0 Å². The van der Waals surface area contributed by atoms with Crippen LogP contribution >= 0.6 is 11.8 Å². The van der Waals surface area contributed by atoms with Crippen molar-refractivity contribution in [2.75, 3.05) is 0 Å². The molecule has 1 unspecified atom stereocenters. The summed E-state index contributed by atoms with van der Waals surface area (Å²) >= 11 is 0.218. The molecule has 1 heterocycles. The van der Waals surface area contributed by atoms with Crippen LogP contribution in [0, 0.1) is 10.8 Å². The van der Waals surface area contributed by atoms with Gasteiger partial charge in [-0.1, -0.05) is 114 Å². The van der Waals surface area contributed by atoms with Crippen LogP contribution in [0.15, 0.2) is 60.7 Å². The molecule has 2 aromatic carbocycles. The molecule has 0 saturated carbocycles. The van der Waals surface area contributed by atoms with Crippen molar-refractivity contribution in [3.63, 3.8) is 0 Å². The Morgan fingerprint density at radius 2 is 1.23 bits per heavy atom. The van der Waals surface area contributed by atoms with Gasteiger partial charge in [0.15, 0.2) is 16.0 Å². The second-order valence-corrected chi connectivity index (χ2v) is 11.8. The average molecular weight is 389 g/mol. The van der Waals surface area contributed by atoms with Gasteiger partial charge in [0.25, 0.3) is 0 Å². The Morgan fingerprint density at radius 3 is 1.65 bits per heavy atom. The topological polar surface area (TPSA) is 26.3 Å². The van der Waals surface area contributed by atoms with E-state index in [4.69, 9.17) is 4.18 Å². The zero-order valence-corrected chi connectivity index (χ0v) is 18.0. The van der Waals surface area contributed by atoms with E-state index in [1.165, 1.54) is 0 Å². The summed E-state index contributed by atoms with van der Waals surface area (Å²) in [5, 5.41) is 0. The lowest BCUT2D eigenvalue weighted by molar-refractivity contribution is 0.0696. The average Bonchev–Trinajstić information content (AvgIpc) is 2.92. The molecular weight excluding hydrogens is 360 g/mol. The Labute approximate surface area is 164 Å². The maximum Gasteiger partial charge on any atom is 0.179 e. The molecule has 0 spiro atoms. The van der Waals surface area contributed by atoms with Crippen molar-refractivity contribution in [2.24, 2.45) is 10.8 Å². The molecular formula is C22H28O2S2. The van der Waals surface area contributed by atoms with E-state index in [1.54, 1.807) is 11.8 Å². The lowest BCUT2D eigenvalue weighted by Gasteiger charge is -2.43. The first-order valence-electron chi connectivity index (χ1n) is 8.97. The number of hydrogen-bond donors (Lipinski definition) is 0. The van der Waals surface area contributed by atoms with Gasteiger partial charge < -0.3 is 0 Å². The van der Waals surface area contributed by atoms with Gasteiger partial charge in [0.1, 0.15) is 4.08 Å². The summed E-state index contributed by atoms with van der Waals surface area (Å²) < 4.78 is 19.4. The first-order valence-corrected chi connectivity index (χ1v) is 10.9. The van der Waals surface area contributed by atoms with Crippen LogP contribution in [0.1, 0.15) is 52.7 Å². The molecule has 3 atom stereocenters. The fourth-order valence-electron chi connectivity index (χ4n) is 3.54. The molecule has 0 bridgehead atoms. The number of thioether (sulfide) groups is 1. The summed E-state index contributed by atoms with van der Waals surface area (Å²) in [6.45, 7) is 12.9. The van der Waals surface area contributed by atoms with Crippen LogP contribution in [-0.2, 0) is 24.3 Å². The van der Waals surface area contributed by atoms with Gasteiger partial charge in [-0.05, 0) is 16.5 Å². The maximum absolute atomic E-state index is 13.6. The molecule has 1 aliphatic heterocycles. The van der Waals surface area contributed by atoms with Crippen molar-refractivity contribution >= 4 is 22.8 Å². The van der Waals surface area contributed by atoms with Gasteiger partial charge in [-0.2, -0.15) is 0 Å². The SMILES string of the molecule is CC(C)(C)[C@]1(c2ccccc2)S[C@](c2ccccc2)(C(C)(C)C)OS1=O. The molecule has 0 N–H and O–H groups in total. The van der Waals surface area contributed by atoms with Crippen LogP contribution in [0.2, 0.25) is 0 Å². The summed E-state index contributed by atoms with van der Waals surface area (Å²) in [6.07, 6.45) is 0. The zero-order chi connectivity index (χ0) is 19.2. The monoisotopic (exact) mass is 388 g/mol. The third-order valence-corrected chi connectivity index (χ3v) is 9.83. The minimum Gasteiger partial charge on any atom is -0.266 e. The first-order chi connectivity index (χ1) is 12.0. The van der Waals surface area contributed by atoms with Crippen LogP contribution < -0.4 is 0 Å². The second kappa shape index (κ2) is 6.50. The predicted molar refractivity (Wildman–Crippen MR) is 112 cm³/mol. The Bertz CT molecular complexity index is 790. The highest BCUT2D eigenvalue weighted by atomic mass is 32.2. The van der Waals surface area contributed by atoms with Gasteiger partial charge in [0.05, 0.1) is 0 Å². The van der Waals surface area contributed by atoms with Crippen molar-refractivity contribution < 1.29 is 8.39 Å². The van der Waals surface area contributed by atoms with E-state index in [0.29, 0.717) is 0 Å². The predicted octanol–water partition coefficient (Wildman–Crippen LogP) is 6.21. The molecule has 1 fully saturated rings. The lowest BCUT2D eigenvalue weighted by atomic mass is 9.84. The first kappa shape index (κ1) is 19.7. The highest BCUT2D eigenvalue weighted by Gasteiger charge is 2.66. The van der Waals surface area contributed by atoms with Crippen LogP contribution in [0.25, 0.3) is 0 Å². The normalized spacial score (nSPS) is 29.7. The van der Waals surface area contributed by atoms with Gasteiger partial charge in [-0.25, -0.2) is 4.21 Å². The van der Waals surface area contributed by atoms with E-state index in [0.717, 1.165) is 11.1 Å². The molecule has 1 saturated heterocycles. The highest BCUT2D eigenvalue weighted by molar-refractivity contribution is 8.13. The Hall–Kier alpha value is -1.10. The minimum atomic E-state index is -1.49. The number of rotatable bonds is 2. The number of benzene rings is 2. The fourth-order valence-corrected chi connectivity index (χ4v) is 7.62. The molecule has 0 aromatic heterocycles. The van der Waals surface area contributed by atoms with Gasteiger partial charge in [0.2, 0.25) is 0 Å². The van der Waals surface area contributed by atoms with Crippen molar-refractivity contribution in [3.8, 4) is 0 Å². The second-order valence-electron chi connectivity index (χ2n) is 8.89. The quantitative estimate of drug-likeness (QED) is 0.611. The molecule has 1 aliphatic rings.